The normalized spacial score (nSPS) is 20.6. The average Bonchev–Trinajstić information content (AvgIpc) is 0.885. The predicted octanol–water partition coefficient (Wildman–Crippen LogP) is 13.8. The Morgan fingerprint density at radius 3 is 0.835 bits per heavy atom. The molecule has 7 N–H and O–H groups in total. The zero-order valence-corrected chi connectivity index (χ0v) is 58.6. The SMILES string of the molecule is CC[C@@H](O)[C@@H]1CCc2cc(F)ccc2O1.CC[C@@H](O)[C@@H]1CCc2cc(F)ccc2O1.CC[C@@H](O)[C@H]1CCc2cc(F)ccc2O1.O[C@H](CN(Cc1ccccc1)C[C@@H](O)[C@H]1CCc2cc(F)ccc2O1)[C@@H]1CCc2cc(F)ccc2O1.O[C@H](CNCc1ccccc1)[C@H]1CCc2cc(F)ccc2O1. The summed E-state index contributed by atoms with van der Waals surface area (Å²) in [6.07, 6.45) is 5.49. The third kappa shape index (κ3) is 22.4. The molecule has 14 nitrogen and oxygen atoms in total. The number of nitrogens with zero attached hydrogens (tertiary/aromatic N) is 1. The van der Waals surface area contributed by atoms with Crippen molar-refractivity contribution in [2.75, 3.05) is 19.6 Å². The topological polar surface area (TPSA) is 192 Å². The van der Waals surface area contributed by atoms with Gasteiger partial charge in [-0.05, 0) is 250 Å². The quantitative estimate of drug-likeness (QED) is 0.0378. The number of aliphatic hydroxyl groups excluding tert-OH is 6. The van der Waals surface area contributed by atoms with Crippen molar-refractivity contribution in [3.05, 3.63) is 249 Å². The molecule has 0 radical (unpaired) electrons. The average molecular weight is 1430 g/mol. The van der Waals surface area contributed by atoms with Gasteiger partial charge in [0.05, 0.1) is 18.3 Å². The van der Waals surface area contributed by atoms with Crippen LogP contribution in [0.25, 0.3) is 0 Å². The molecule has 6 aliphatic heterocycles. The van der Waals surface area contributed by atoms with Crippen molar-refractivity contribution in [3.63, 3.8) is 0 Å². The maximum absolute atomic E-state index is 13.5. The van der Waals surface area contributed by atoms with E-state index in [2.05, 4.69) is 5.32 Å². The summed E-state index contributed by atoms with van der Waals surface area (Å²) in [7, 11) is 0. The van der Waals surface area contributed by atoms with Crippen molar-refractivity contribution in [2.24, 2.45) is 0 Å². The van der Waals surface area contributed by atoms with Crippen molar-refractivity contribution in [3.8, 4) is 34.5 Å². The zero-order chi connectivity index (χ0) is 72.9. The summed E-state index contributed by atoms with van der Waals surface area (Å²) in [5.41, 5.74) is 7.43. The number of halogens is 6. The maximum atomic E-state index is 13.5. The van der Waals surface area contributed by atoms with Gasteiger partial charge in [0.2, 0.25) is 0 Å². The van der Waals surface area contributed by atoms with Crippen LogP contribution in [0.3, 0.4) is 0 Å². The van der Waals surface area contributed by atoms with E-state index >= 15 is 0 Å². The molecule has 0 spiro atoms. The molecule has 12 atom stereocenters. The summed E-state index contributed by atoms with van der Waals surface area (Å²) < 4.78 is 114. The lowest BCUT2D eigenvalue weighted by molar-refractivity contribution is -0.0295. The summed E-state index contributed by atoms with van der Waals surface area (Å²) in [5, 5.41) is 64.7. The lowest BCUT2D eigenvalue weighted by Gasteiger charge is -2.35. The minimum Gasteiger partial charge on any atom is -0.487 e. The van der Waals surface area contributed by atoms with Crippen LogP contribution in [0.2, 0.25) is 0 Å². The van der Waals surface area contributed by atoms with Gasteiger partial charge in [-0.15, -0.1) is 0 Å². The third-order valence-corrected chi connectivity index (χ3v) is 19.5. The fourth-order valence-corrected chi connectivity index (χ4v) is 13.6. The van der Waals surface area contributed by atoms with E-state index in [4.69, 9.17) is 28.4 Å². The van der Waals surface area contributed by atoms with Gasteiger partial charge in [-0.3, -0.25) is 4.90 Å². The Kier molecular flexibility index (Phi) is 28.6. The highest BCUT2D eigenvalue weighted by Crippen LogP contribution is 2.36. The first-order valence-electron chi connectivity index (χ1n) is 36.1. The van der Waals surface area contributed by atoms with Gasteiger partial charge in [0.25, 0.3) is 0 Å². The zero-order valence-electron chi connectivity index (χ0n) is 58.6. The molecule has 103 heavy (non-hydrogen) atoms. The fourth-order valence-electron chi connectivity index (χ4n) is 13.6. The molecular formula is C83H96F6N2O12. The number of rotatable bonds is 19. The molecule has 8 aromatic carbocycles. The molecular weight excluding hydrogens is 1330 g/mol. The maximum Gasteiger partial charge on any atom is 0.126 e. The molecule has 8 aromatic rings. The van der Waals surface area contributed by atoms with Crippen LogP contribution in [0.4, 0.5) is 26.3 Å². The van der Waals surface area contributed by atoms with E-state index in [9.17, 15) is 57.0 Å². The monoisotopic (exact) mass is 1430 g/mol. The Bertz CT molecular complexity index is 3720. The lowest BCUT2D eigenvalue weighted by atomic mass is 9.97. The molecule has 14 rings (SSSR count). The Morgan fingerprint density at radius 2 is 0.573 bits per heavy atom. The number of ether oxygens (including phenoxy) is 6. The Labute approximate surface area is 599 Å². The first-order chi connectivity index (χ1) is 49.8. The van der Waals surface area contributed by atoms with E-state index in [-0.39, 0.29) is 59.3 Å². The highest BCUT2D eigenvalue weighted by molar-refractivity contribution is 5.41. The summed E-state index contributed by atoms with van der Waals surface area (Å²) in [6, 6.07) is 47.0. The molecule has 552 valence electrons. The highest BCUT2D eigenvalue weighted by Gasteiger charge is 2.34. The van der Waals surface area contributed by atoms with E-state index in [1.807, 2.05) is 86.3 Å². The molecule has 0 saturated carbocycles. The van der Waals surface area contributed by atoms with Crippen LogP contribution in [0.1, 0.15) is 123 Å². The number of hydrogen-bond donors (Lipinski definition) is 7. The second-order valence-electron chi connectivity index (χ2n) is 27.1. The van der Waals surface area contributed by atoms with E-state index in [0.717, 1.165) is 83.9 Å². The summed E-state index contributed by atoms with van der Waals surface area (Å²) in [4.78, 5) is 2.01. The summed E-state index contributed by atoms with van der Waals surface area (Å²) in [5.74, 6) is 2.49. The number of aliphatic hydroxyl groups is 6. The molecule has 0 unspecified atom stereocenters. The van der Waals surface area contributed by atoms with E-state index in [0.29, 0.717) is 119 Å². The van der Waals surface area contributed by atoms with Gasteiger partial charge >= 0.3 is 0 Å². The number of hydrogen-bond acceptors (Lipinski definition) is 14. The van der Waals surface area contributed by atoms with Crippen LogP contribution in [0, 0.1) is 34.9 Å². The molecule has 0 saturated heterocycles. The molecule has 0 fully saturated rings. The molecule has 6 heterocycles. The van der Waals surface area contributed by atoms with Gasteiger partial charge < -0.3 is 64.4 Å². The van der Waals surface area contributed by atoms with Crippen LogP contribution in [0.15, 0.2) is 170 Å². The van der Waals surface area contributed by atoms with Crippen LogP contribution in [-0.2, 0) is 51.6 Å². The fraction of sp³-hybridized carbons (Fsp3) is 0.422. The number of benzene rings is 8. The van der Waals surface area contributed by atoms with Gasteiger partial charge in [0, 0.05) is 32.7 Å². The second-order valence-corrected chi connectivity index (χ2v) is 27.1. The molecule has 0 aliphatic carbocycles. The Morgan fingerprint density at radius 1 is 0.330 bits per heavy atom. The van der Waals surface area contributed by atoms with Gasteiger partial charge in [-0.1, -0.05) is 81.4 Å². The number of aryl methyl sites for hydroxylation is 6. The lowest BCUT2D eigenvalue weighted by Crippen LogP contribution is -2.48. The molecule has 20 heteroatoms. The van der Waals surface area contributed by atoms with Crippen molar-refractivity contribution >= 4 is 0 Å². The van der Waals surface area contributed by atoms with E-state index < -0.39 is 48.8 Å². The van der Waals surface area contributed by atoms with Crippen molar-refractivity contribution in [2.45, 2.75) is 203 Å². The number of nitrogens with one attached hydrogen (secondary N) is 1. The van der Waals surface area contributed by atoms with Crippen molar-refractivity contribution in [1.29, 1.82) is 0 Å². The third-order valence-electron chi connectivity index (χ3n) is 19.5. The Balaban J connectivity index is 0.000000146. The van der Waals surface area contributed by atoms with Crippen LogP contribution >= 0.6 is 0 Å². The van der Waals surface area contributed by atoms with Gasteiger partial charge in [-0.25, -0.2) is 26.3 Å². The molecule has 0 bridgehead atoms. The highest BCUT2D eigenvalue weighted by atomic mass is 19.1. The van der Waals surface area contributed by atoms with Gasteiger partial charge in [0.15, 0.2) is 0 Å². The second kappa shape index (κ2) is 38.0. The van der Waals surface area contributed by atoms with E-state index in [1.54, 1.807) is 36.4 Å². The molecule has 6 aliphatic rings. The van der Waals surface area contributed by atoms with Crippen LogP contribution < -0.4 is 33.7 Å². The van der Waals surface area contributed by atoms with Crippen molar-refractivity contribution in [1.82, 2.24) is 10.2 Å². The minimum atomic E-state index is -0.796. The first kappa shape index (κ1) is 77.4. The standard InChI is InChI=1S/C29H31F2NO4.C18H20FNO2.3C12H15FO2/c30-22-8-12-26-20(14-22)6-10-28(35-26)24(33)17-32(16-19-4-2-1-3-5-19)18-25(34)29-11-7-21-15-23(31)9-13-27(21)36-29;19-15-7-9-17-14(10-15)6-8-18(22-17)16(21)12-20-11-13-4-2-1-3-5-13;3*1-2-10(14)12-5-3-8-7-9(13)4-6-11(8)15-12/h1-5,8-9,12-15,24-25,28-29,33-34H,6-7,10-11,16-18H2;1-5,7,9-10,16,18,20-21H,6,8,11-12H2;3*4,6-7,10,12,14H,2-3,5H2,1H3/t24-,25-,28-,29+;16-,18-;2*10-,12+;10-,12-/m11111/s1. The minimum absolute atomic E-state index is 0.145. The van der Waals surface area contributed by atoms with Crippen LogP contribution in [0.5, 0.6) is 34.5 Å². The largest absolute Gasteiger partial charge is 0.487 e. The summed E-state index contributed by atoms with van der Waals surface area (Å²) >= 11 is 0. The van der Waals surface area contributed by atoms with Crippen molar-refractivity contribution < 1.29 is 85.4 Å². The predicted molar refractivity (Wildman–Crippen MR) is 382 cm³/mol. The molecule has 0 amide bonds. The van der Waals surface area contributed by atoms with Gasteiger partial charge in [0.1, 0.15) is 124 Å². The first-order valence-corrected chi connectivity index (χ1v) is 36.1. The smallest absolute Gasteiger partial charge is 0.126 e. The summed E-state index contributed by atoms with van der Waals surface area (Å²) in [6.45, 7) is 8.08. The van der Waals surface area contributed by atoms with Gasteiger partial charge in [-0.2, -0.15) is 0 Å². The molecule has 0 aromatic heterocycles. The number of fused-ring (bicyclic) bond motifs is 6. The van der Waals surface area contributed by atoms with E-state index in [1.165, 1.54) is 78.4 Å². The Hall–Kier alpha value is -8.18. The van der Waals surface area contributed by atoms with Crippen LogP contribution in [-0.4, -0.2) is 128 Å².